The average Bonchev–Trinajstić information content (AvgIpc) is 2.29. The first-order valence-electron chi connectivity index (χ1n) is 3.43. The molecule has 0 spiro atoms. The molecule has 2 saturated carbocycles. The van der Waals surface area contributed by atoms with E-state index in [1.807, 2.05) is 6.92 Å². The molecule has 2 heteroatoms. The van der Waals surface area contributed by atoms with Crippen molar-refractivity contribution in [2.45, 2.75) is 19.4 Å². The predicted molar refractivity (Wildman–Crippen MR) is 31.8 cm³/mol. The maximum Gasteiger partial charge on any atom is 0.141 e. The zero-order chi connectivity index (χ0) is 6.59. The molecule has 0 radical (unpaired) electrons. The van der Waals surface area contributed by atoms with Gasteiger partial charge in [-0.2, -0.15) is 0 Å². The van der Waals surface area contributed by atoms with Crippen LogP contribution in [0, 0.1) is 17.8 Å². The monoisotopic (exact) mass is 126 g/mol. The number of carbonyl (C=O) groups excluding carboxylic acids is 1. The van der Waals surface area contributed by atoms with Gasteiger partial charge in [-0.1, -0.05) is 6.92 Å². The van der Waals surface area contributed by atoms with Crippen molar-refractivity contribution < 1.29 is 9.90 Å². The molecule has 1 N–H and O–H groups in total. The Hall–Kier alpha value is -0.370. The average molecular weight is 126 g/mol. The summed E-state index contributed by atoms with van der Waals surface area (Å²) in [4.78, 5) is 11.0. The second-order valence-electron chi connectivity index (χ2n) is 3.22. The third kappa shape index (κ3) is 0.517. The van der Waals surface area contributed by atoms with E-state index in [2.05, 4.69) is 0 Å². The molecule has 2 nitrogen and oxygen atoms in total. The number of hydrogen-bond acceptors (Lipinski definition) is 2. The van der Waals surface area contributed by atoms with Crippen LogP contribution in [0.25, 0.3) is 0 Å². The number of hydrogen-bond donors (Lipinski definition) is 1. The van der Waals surface area contributed by atoms with Crippen LogP contribution in [0.15, 0.2) is 0 Å². The van der Waals surface area contributed by atoms with Crippen LogP contribution in [0.1, 0.15) is 13.3 Å². The fraction of sp³-hybridized carbons (Fsp3) is 0.857. The number of fused-ring (bicyclic) bond motifs is 1. The highest BCUT2D eigenvalue weighted by Gasteiger charge is 2.60. The number of ketones is 1. The van der Waals surface area contributed by atoms with Crippen LogP contribution < -0.4 is 0 Å². The van der Waals surface area contributed by atoms with E-state index in [1.165, 1.54) is 0 Å². The molecule has 0 heterocycles. The summed E-state index contributed by atoms with van der Waals surface area (Å²) < 4.78 is 0. The molecular weight excluding hydrogens is 116 g/mol. The summed E-state index contributed by atoms with van der Waals surface area (Å²) in [6.45, 7) is 1.95. The minimum Gasteiger partial charge on any atom is -0.392 e. The Labute approximate surface area is 53.9 Å². The van der Waals surface area contributed by atoms with Gasteiger partial charge in [-0.15, -0.1) is 0 Å². The maximum absolute atomic E-state index is 11.0. The van der Waals surface area contributed by atoms with Crippen LogP contribution in [0.4, 0.5) is 0 Å². The van der Waals surface area contributed by atoms with Gasteiger partial charge in [0.1, 0.15) is 5.78 Å². The van der Waals surface area contributed by atoms with E-state index in [4.69, 9.17) is 5.11 Å². The summed E-state index contributed by atoms with van der Waals surface area (Å²) in [5, 5.41) is 9.01. The zero-order valence-electron chi connectivity index (χ0n) is 5.37. The summed E-state index contributed by atoms with van der Waals surface area (Å²) in [7, 11) is 0. The highest BCUT2D eigenvalue weighted by molar-refractivity contribution is 5.89. The Kier molecular flexibility index (Phi) is 0.826. The summed E-state index contributed by atoms with van der Waals surface area (Å²) in [6.07, 6.45) is 0.652. The second kappa shape index (κ2) is 1.37. The van der Waals surface area contributed by atoms with Crippen LogP contribution in [-0.4, -0.2) is 17.0 Å². The van der Waals surface area contributed by atoms with Crippen LogP contribution in [-0.2, 0) is 4.79 Å². The van der Waals surface area contributed by atoms with Crippen molar-refractivity contribution in [2.75, 3.05) is 0 Å². The lowest BCUT2D eigenvalue weighted by molar-refractivity contribution is -0.123. The van der Waals surface area contributed by atoms with E-state index in [0.29, 0.717) is 5.92 Å². The number of Topliss-reactive ketones (excluding diaryl/α,β-unsaturated/α-hetero) is 1. The van der Waals surface area contributed by atoms with Crippen LogP contribution >= 0.6 is 0 Å². The standard InChI is InChI=1S/C7H10O2/c1-3-2-4-5(6(3)8)7(4)9/h3-5,7,9H,2H2,1H3. The largest absolute Gasteiger partial charge is 0.392 e. The molecule has 9 heavy (non-hydrogen) atoms. The fourth-order valence-corrected chi connectivity index (χ4v) is 1.87. The molecule has 0 amide bonds. The van der Waals surface area contributed by atoms with Crippen molar-refractivity contribution in [3.63, 3.8) is 0 Å². The van der Waals surface area contributed by atoms with Gasteiger partial charge in [0.2, 0.25) is 0 Å². The van der Waals surface area contributed by atoms with Crippen LogP contribution in [0.5, 0.6) is 0 Å². The number of rotatable bonds is 0. The van der Waals surface area contributed by atoms with Gasteiger partial charge >= 0.3 is 0 Å². The molecule has 2 fully saturated rings. The first-order chi connectivity index (χ1) is 4.22. The Balaban J connectivity index is 2.16. The summed E-state index contributed by atoms with van der Waals surface area (Å²) in [5.41, 5.74) is 0. The molecule has 2 rings (SSSR count). The minimum atomic E-state index is -0.270. The fourth-order valence-electron chi connectivity index (χ4n) is 1.87. The molecule has 0 saturated heterocycles. The third-order valence-corrected chi connectivity index (χ3v) is 2.57. The van der Waals surface area contributed by atoms with Gasteiger partial charge in [0.25, 0.3) is 0 Å². The van der Waals surface area contributed by atoms with Gasteiger partial charge in [0.15, 0.2) is 0 Å². The molecule has 0 aromatic heterocycles. The van der Waals surface area contributed by atoms with E-state index in [0.717, 1.165) is 6.42 Å². The first kappa shape index (κ1) is 5.42. The van der Waals surface area contributed by atoms with E-state index in [1.54, 1.807) is 0 Å². The number of aliphatic hydroxyl groups is 1. The maximum atomic E-state index is 11.0. The SMILES string of the molecule is CC1CC2C(O)C2C1=O. The summed E-state index contributed by atoms with van der Waals surface area (Å²) in [5.74, 6) is 0.892. The highest BCUT2D eigenvalue weighted by atomic mass is 16.3. The van der Waals surface area contributed by atoms with Gasteiger partial charge in [0, 0.05) is 11.8 Å². The van der Waals surface area contributed by atoms with Crippen molar-refractivity contribution >= 4 is 5.78 Å². The van der Waals surface area contributed by atoms with Crippen molar-refractivity contribution in [1.29, 1.82) is 0 Å². The zero-order valence-corrected chi connectivity index (χ0v) is 5.37. The van der Waals surface area contributed by atoms with Crippen molar-refractivity contribution in [1.82, 2.24) is 0 Å². The number of aliphatic hydroxyl groups excluding tert-OH is 1. The molecule has 0 aliphatic heterocycles. The van der Waals surface area contributed by atoms with E-state index in [9.17, 15) is 4.79 Å². The van der Waals surface area contributed by atoms with Crippen molar-refractivity contribution in [3.05, 3.63) is 0 Å². The second-order valence-corrected chi connectivity index (χ2v) is 3.22. The topological polar surface area (TPSA) is 37.3 Å². The van der Waals surface area contributed by atoms with Crippen molar-refractivity contribution in [3.8, 4) is 0 Å². The van der Waals surface area contributed by atoms with Gasteiger partial charge in [-0.25, -0.2) is 0 Å². The van der Waals surface area contributed by atoms with Gasteiger partial charge in [-0.3, -0.25) is 4.79 Å². The van der Waals surface area contributed by atoms with Gasteiger partial charge < -0.3 is 5.11 Å². The van der Waals surface area contributed by atoms with Gasteiger partial charge in [0.05, 0.1) is 6.10 Å². The minimum absolute atomic E-state index is 0.0417. The Bertz CT molecular complexity index is 164. The van der Waals surface area contributed by atoms with E-state index < -0.39 is 0 Å². The third-order valence-electron chi connectivity index (χ3n) is 2.57. The van der Waals surface area contributed by atoms with E-state index in [-0.39, 0.29) is 23.7 Å². The first-order valence-corrected chi connectivity index (χ1v) is 3.43. The summed E-state index contributed by atoms with van der Waals surface area (Å²) in [6, 6.07) is 0. The lowest BCUT2D eigenvalue weighted by Crippen LogP contribution is -2.11. The Morgan fingerprint density at radius 2 is 2.33 bits per heavy atom. The van der Waals surface area contributed by atoms with Crippen molar-refractivity contribution in [2.24, 2.45) is 17.8 Å². The molecule has 0 aromatic carbocycles. The quantitative estimate of drug-likeness (QED) is 0.503. The molecule has 50 valence electrons. The molecule has 2 aliphatic rings. The Morgan fingerprint density at radius 3 is 2.67 bits per heavy atom. The highest BCUT2D eigenvalue weighted by Crippen LogP contribution is 2.51. The molecular formula is C7H10O2. The lowest BCUT2D eigenvalue weighted by Gasteiger charge is -2.01. The van der Waals surface area contributed by atoms with Gasteiger partial charge in [-0.05, 0) is 12.3 Å². The summed E-state index contributed by atoms with van der Waals surface area (Å²) >= 11 is 0. The molecule has 4 unspecified atom stereocenters. The predicted octanol–water partition coefficient (Wildman–Crippen LogP) is 0.202. The molecule has 0 bridgehead atoms. The van der Waals surface area contributed by atoms with Crippen LogP contribution in [0.3, 0.4) is 0 Å². The Morgan fingerprint density at radius 1 is 1.67 bits per heavy atom. The smallest absolute Gasteiger partial charge is 0.141 e. The lowest BCUT2D eigenvalue weighted by atomic mass is 10.0. The molecule has 0 aromatic rings. The molecule has 4 atom stereocenters. The van der Waals surface area contributed by atoms with E-state index >= 15 is 0 Å². The molecule has 2 aliphatic carbocycles. The van der Waals surface area contributed by atoms with Crippen LogP contribution in [0.2, 0.25) is 0 Å². The normalized spacial score (nSPS) is 55.6. The number of carbonyl (C=O) groups is 1.